The quantitative estimate of drug-likeness (QED) is 0.648. The molecule has 0 bridgehead atoms. The number of hydrogen-bond donors (Lipinski definition) is 3. The summed E-state index contributed by atoms with van der Waals surface area (Å²) in [5.74, 6) is -1.12. The molecule has 1 aromatic carbocycles. The second kappa shape index (κ2) is 8.63. The van der Waals surface area contributed by atoms with Gasteiger partial charge in [0.15, 0.2) is 5.69 Å². The van der Waals surface area contributed by atoms with E-state index in [-0.39, 0.29) is 6.54 Å². The Hall–Kier alpha value is -3.24. The maximum atomic E-state index is 13.3. The van der Waals surface area contributed by atoms with Crippen LogP contribution in [0.25, 0.3) is 0 Å². The fourth-order valence-corrected chi connectivity index (χ4v) is 2.33. The highest BCUT2D eigenvalue weighted by atomic mass is 19.4. The van der Waals surface area contributed by atoms with E-state index < -0.39 is 35.3 Å². The van der Waals surface area contributed by atoms with Crippen LogP contribution in [-0.2, 0) is 11.0 Å². The molecule has 2 amide bonds. The number of anilines is 1. The van der Waals surface area contributed by atoms with Gasteiger partial charge >= 0.3 is 6.18 Å². The molecule has 0 fully saturated rings. The molecule has 1 aromatic heterocycles. The van der Waals surface area contributed by atoms with E-state index >= 15 is 0 Å². The Bertz CT molecular complexity index is 832. The van der Waals surface area contributed by atoms with Crippen LogP contribution in [0.1, 0.15) is 35.9 Å². The minimum absolute atomic E-state index is 0.204. The smallest absolute Gasteiger partial charge is 0.433 e. The summed E-state index contributed by atoms with van der Waals surface area (Å²) in [7, 11) is 1.52. The van der Waals surface area contributed by atoms with Crippen molar-refractivity contribution in [1.82, 2.24) is 20.6 Å². The number of hydrazine groups is 1. The number of nitrogens with zero attached hydrogens (tertiary/aromatic N) is 2. The Morgan fingerprint density at radius 3 is 2.36 bits per heavy atom. The van der Waals surface area contributed by atoms with Gasteiger partial charge in [-0.15, -0.1) is 0 Å². The molecular weight excluding hydrogens is 379 g/mol. The van der Waals surface area contributed by atoms with Gasteiger partial charge in [-0.3, -0.25) is 25.1 Å². The molecule has 0 atom stereocenters. The van der Waals surface area contributed by atoms with Crippen molar-refractivity contribution in [3.8, 4) is 5.75 Å². The number of carbonyl (C=O) groups excluding carboxylic acids is 2. The van der Waals surface area contributed by atoms with Crippen molar-refractivity contribution in [3.63, 3.8) is 0 Å². The molecule has 152 valence electrons. The molecule has 0 saturated heterocycles. The molecule has 28 heavy (non-hydrogen) atoms. The van der Waals surface area contributed by atoms with Gasteiger partial charge in [-0.05, 0) is 38.1 Å². The zero-order valence-corrected chi connectivity index (χ0v) is 15.4. The van der Waals surface area contributed by atoms with E-state index in [1.807, 2.05) is 5.43 Å². The van der Waals surface area contributed by atoms with E-state index in [1.165, 1.54) is 21.0 Å². The number of methoxy groups -OCH3 is 1. The van der Waals surface area contributed by atoms with Gasteiger partial charge < -0.3 is 10.1 Å². The SMILES string of the molecule is COc1ccc(NCC(=O)NNC(=O)c2cnn(C(C)C)c2C(F)(F)F)cc1. The molecule has 0 aliphatic rings. The number of ether oxygens (including phenoxy) is 1. The summed E-state index contributed by atoms with van der Waals surface area (Å²) in [6.45, 7) is 2.82. The molecule has 0 aliphatic carbocycles. The maximum Gasteiger partial charge on any atom is 0.433 e. The van der Waals surface area contributed by atoms with Crippen molar-refractivity contribution in [2.45, 2.75) is 26.1 Å². The summed E-state index contributed by atoms with van der Waals surface area (Å²) in [5, 5.41) is 6.42. The Balaban J connectivity index is 1.95. The average molecular weight is 399 g/mol. The summed E-state index contributed by atoms with van der Waals surface area (Å²) in [5.41, 5.74) is 2.80. The lowest BCUT2D eigenvalue weighted by molar-refractivity contribution is -0.145. The lowest BCUT2D eigenvalue weighted by Crippen LogP contribution is -2.44. The average Bonchev–Trinajstić information content (AvgIpc) is 3.11. The molecule has 2 rings (SSSR count). The summed E-state index contributed by atoms with van der Waals surface area (Å²) >= 11 is 0. The van der Waals surface area contributed by atoms with E-state index in [0.717, 1.165) is 6.20 Å². The zero-order valence-electron chi connectivity index (χ0n) is 15.4. The fourth-order valence-electron chi connectivity index (χ4n) is 2.33. The molecule has 0 saturated carbocycles. The third-order valence-corrected chi connectivity index (χ3v) is 3.66. The van der Waals surface area contributed by atoms with Gasteiger partial charge in [-0.25, -0.2) is 0 Å². The van der Waals surface area contributed by atoms with Crippen LogP contribution in [0.3, 0.4) is 0 Å². The number of aromatic nitrogens is 2. The van der Waals surface area contributed by atoms with E-state index in [4.69, 9.17) is 4.74 Å². The van der Waals surface area contributed by atoms with Gasteiger partial charge in [-0.1, -0.05) is 0 Å². The standard InChI is InChI=1S/C17H20F3N5O3/c1-10(2)25-15(17(18,19)20)13(8-22-25)16(27)24-23-14(26)9-21-11-4-6-12(28-3)7-5-11/h4-8,10,21H,9H2,1-3H3,(H,23,26)(H,24,27). The summed E-state index contributed by atoms with van der Waals surface area (Å²) in [6.07, 6.45) is -3.95. The first-order valence-corrected chi connectivity index (χ1v) is 8.25. The summed E-state index contributed by atoms with van der Waals surface area (Å²) < 4.78 is 45.6. The normalized spacial score (nSPS) is 11.2. The zero-order chi connectivity index (χ0) is 20.9. The monoisotopic (exact) mass is 399 g/mol. The summed E-state index contributed by atoms with van der Waals surface area (Å²) in [6, 6.07) is 6.14. The lowest BCUT2D eigenvalue weighted by atomic mass is 10.2. The molecule has 0 aliphatic heterocycles. The van der Waals surface area contributed by atoms with Crippen molar-refractivity contribution >= 4 is 17.5 Å². The largest absolute Gasteiger partial charge is 0.497 e. The number of carbonyl (C=O) groups is 2. The van der Waals surface area contributed by atoms with Gasteiger partial charge in [0, 0.05) is 11.7 Å². The molecular formula is C17H20F3N5O3. The first kappa shape index (κ1) is 21.1. The van der Waals surface area contributed by atoms with Gasteiger partial charge in [-0.2, -0.15) is 18.3 Å². The predicted molar refractivity (Wildman–Crippen MR) is 94.7 cm³/mol. The number of hydrogen-bond acceptors (Lipinski definition) is 5. The number of benzene rings is 1. The van der Waals surface area contributed by atoms with E-state index in [2.05, 4.69) is 15.8 Å². The molecule has 1 heterocycles. The third-order valence-electron chi connectivity index (χ3n) is 3.66. The minimum atomic E-state index is -4.77. The van der Waals surface area contributed by atoms with E-state index in [1.54, 1.807) is 24.3 Å². The molecule has 2 aromatic rings. The van der Waals surface area contributed by atoms with Gasteiger partial charge in [0.25, 0.3) is 11.8 Å². The lowest BCUT2D eigenvalue weighted by Gasteiger charge is -2.15. The molecule has 11 heteroatoms. The molecule has 0 spiro atoms. The molecule has 0 radical (unpaired) electrons. The number of alkyl halides is 3. The second-order valence-corrected chi connectivity index (χ2v) is 6.03. The maximum absolute atomic E-state index is 13.3. The first-order chi connectivity index (χ1) is 13.1. The molecule has 3 N–H and O–H groups in total. The van der Waals surface area contributed by atoms with Crippen LogP contribution in [-0.4, -0.2) is 35.2 Å². The molecule has 0 unspecified atom stereocenters. The number of nitrogens with one attached hydrogen (secondary N) is 3. The first-order valence-electron chi connectivity index (χ1n) is 8.25. The third kappa shape index (κ3) is 5.15. The number of rotatable bonds is 6. The van der Waals surface area contributed by atoms with Gasteiger partial charge in [0.1, 0.15) is 5.75 Å². The van der Waals surface area contributed by atoms with E-state index in [9.17, 15) is 22.8 Å². The van der Waals surface area contributed by atoms with Gasteiger partial charge in [0.05, 0.1) is 25.4 Å². The van der Waals surface area contributed by atoms with Crippen molar-refractivity contribution in [2.24, 2.45) is 0 Å². The fraction of sp³-hybridized carbons (Fsp3) is 0.353. The van der Waals surface area contributed by atoms with Crippen molar-refractivity contribution < 1.29 is 27.5 Å². The van der Waals surface area contributed by atoms with Crippen molar-refractivity contribution in [3.05, 3.63) is 41.7 Å². The van der Waals surface area contributed by atoms with Crippen LogP contribution in [0.5, 0.6) is 5.75 Å². The van der Waals surface area contributed by atoms with Gasteiger partial charge in [0.2, 0.25) is 0 Å². The highest BCUT2D eigenvalue weighted by Gasteiger charge is 2.40. The van der Waals surface area contributed by atoms with Crippen molar-refractivity contribution in [1.29, 1.82) is 0 Å². The Kier molecular flexibility index (Phi) is 6.49. The van der Waals surface area contributed by atoms with Crippen LogP contribution in [0.15, 0.2) is 30.5 Å². The Morgan fingerprint density at radius 2 is 1.82 bits per heavy atom. The van der Waals surface area contributed by atoms with E-state index in [0.29, 0.717) is 16.1 Å². The van der Waals surface area contributed by atoms with Crippen LogP contribution < -0.4 is 20.9 Å². The van der Waals surface area contributed by atoms with Crippen LogP contribution in [0, 0.1) is 0 Å². The summed E-state index contributed by atoms with van der Waals surface area (Å²) in [4.78, 5) is 23.9. The number of amides is 2. The Labute approximate surface area is 159 Å². The van der Waals surface area contributed by atoms with Crippen LogP contribution in [0.2, 0.25) is 0 Å². The highest BCUT2D eigenvalue weighted by Crippen LogP contribution is 2.33. The predicted octanol–water partition coefficient (Wildman–Crippen LogP) is 2.36. The van der Waals surface area contributed by atoms with Crippen LogP contribution >= 0.6 is 0 Å². The van der Waals surface area contributed by atoms with Crippen LogP contribution in [0.4, 0.5) is 18.9 Å². The topological polar surface area (TPSA) is 97.3 Å². The minimum Gasteiger partial charge on any atom is -0.497 e. The van der Waals surface area contributed by atoms with Crippen molar-refractivity contribution in [2.75, 3.05) is 19.0 Å². The highest BCUT2D eigenvalue weighted by molar-refractivity contribution is 5.96. The second-order valence-electron chi connectivity index (χ2n) is 6.03. The number of halogens is 3. The Morgan fingerprint density at radius 1 is 1.18 bits per heavy atom. The molecule has 8 nitrogen and oxygen atoms in total.